The van der Waals surface area contributed by atoms with Gasteiger partial charge in [-0.3, -0.25) is 14.5 Å². The van der Waals surface area contributed by atoms with Gasteiger partial charge in [0.2, 0.25) is 11.8 Å². The summed E-state index contributed by atoms with van der Waals surface area (Å²) in [6.07, 6.45) is 2.93. The fraction of sp³-hybridized carbons (Fsp3) is 0.417. The molecule has 1 saturated heterocycles. The second kappa shape index (κ2) is 8.49. The summed E-state index contributed by atoms with van der Waals surface area (Å²) in [5.74, 6) is 1.98. The molecule has 0 N–H and O–H groups in total. The van der Waals surface area contributed by atoms with Gasteiger partial charge in [0.15, 0.2) is 11.5 Å². The monoisotopic (exact) mass is 422 g/mol. The van der Waals surface area contributed by atoms with E-state index in [-0.39, 0.29) is 30.8 Å². The zero-order valence-electron chi connectivity index (χ0n) is 17.4. The predicted octanol–water partition coefficient (Wildman–Crippen LogP) is 3.33. The van der Waals surface area contributed by atoms with Gasteiger partial charge in [-0.2, -0.15) is 0 Å². The number of anilines is 1. The van der Waals surface area contributed by atoms with E-state index in [9.17, 15) is 9.59 Å². The second-order valence-corrected chi connectivity index (χ2v) is 8.05. The van der Waals surface area contributed by atoms with Gasteiger partial charge in [0, 0.05) is 13.0 Å². The first kappa shape index (κ1) is 19.7. The molecule has 2 aromatic rings. The summed E-state index contributed by atoms with van der Waals surface area (Å²) in [4.78, 5) is 29.5. The number of nitrogens with zero attached hydrogens (tertiary/aromatic N) is 2. The predicted molar refractivity (Wildman–Crippen MR) is 115 cm³/mol. The standard InChI is InChI=1S/C24H26N2O5/c27-23-10-14-31-20-7-2-1-5-19(20)26(23)16-24(28)25-11-3-6-18(25)17-8-9-21-22(15-17)30-13-4-12-29-21/h1-2,5,7-9,15,18H,3-4,6,10-14,16H2/t18-/m0/s1. The molecule has 1 fully saturated rings. The van der Waals surface area contributed by atoms with Crippen LogP contribution in [0.4, 0.5) is 5.69 Å². The van der Waals surface area contributed by atoms with Gasteiger partial charge in [-0.1, -0.05) is 18.2 Å². The van der Waals surface area contributed by atoms with Crippen molar-refractivity contribution in [2.24, 2.45) is 0 Å². The van der Waals surface area contributed by atoms with Crippen LogP contribution in [0.15, 0.2) is 42.5 Å². The van der Waals surface area contributed by atoms with E-state index in [0.29, 0.717) is 37.8 Å². The van der Waals surface area contributed by atoms with E-state index < -0.39 is 0 Å². The molecule has 0 aromatic heterocycles. The Morgan fingerprint density at radius 3 is 2.65 bits per heavy atom. The van der Waals surface area contributed by atoms with Gasteiger partial charge in [-0.15, -0.1) is 0 Å². The van der Waals surface area contributed by atoms with Gasteiger partial charge < -0.3 is 19.1 Å². The Bertz CT molecular complexity index is 992. The first-order chi connectivity index (χ1) is 15.2. The van der Waals surface area contributed by atoms with Crippen LogP contribution in [0.5, 0.6) is 17.2 Å². The van der Waals surface area contributed by atoms with E-state index in [4.69, 9.17) is 14.2 Å². The Labute approximate surface area is 181 Å². The maximum Gasteiger partial charge on any atom is 0.243 e. The van der Waals surface area contributed by atoms with E-state index in [1.165, 1.54) is 0 Å². The van der Waals surface area contributed by atoms with Crippen LogP contribution < -0.4 is 19.1 Å². The summed E-state index contributed by atoms with van der Waals surface area (Å²) in [7, 11) is 0. The van der Waals surface area contributed by atoms with E-state index in [1.54, 1.807) is 4.90 Å². The first-order valence-corrected chi connectivity index (χ1v) is 10.9. The van der Waals surface area contributed by atoms with Crippen molar-refractivity contribution < 1.29 is 23.8 Å². The van der Waals surface area contributed by atoms with Crippen molar-refractivity contribution in [1.82, 2.24) is 4.90 Å². The summed E-state index contributed by atoms with van der Waals surface area (Å²) in [5, 5.41) is 0. The molecule has 0 saturated carbocycles. The molecule has 2 aromatic carbocycles. The zero-order valence-corrected chi connectivity index (χ0v) is 17.4. The summed E-state index contributed by atoms with van der Waals surface area (Å²) < 4.78 is 17.3. The fourth-order valence-electron chi connectivity index (χ4n) is 4.52. The lowest BCUT2D eigenvalue weighted by Gasteiger charge is -2.29. The maximum absolute atomic E-state index is 13.3. The number of carbonyl (C=O) groups is 2. The van der Waals surface area contributed by atoms with Crippen LogP contribution in [-0.2, 0) is 9.59 Å². The average Bonchev–Trinajstić information content (AvgIpc) is 3.08. The Morgan fingerprint density at radius 1 is 0.935 bits per heavy atom. The molecule has 162 valence electrons. The molecule has 31 heavy (non-hydrogen) atoms. The number of benzene rings is 2. The normalized spacial score (nSPS) is 20.5. The highest BCUT2D eigenvalue weighted by Crippen LogP contribution is 2.38. The molecule has 0 radical (unpaired) electrons. The minimum absolute atomic E-state index is 0.0141. The molecule has 3 aliphatic rings. The quantitative estimate of drug-likeness (QED) is 0.759. The number of carbonyl (C=O) groups excluding carboxylic acids is 2. The van der Waals surface area contributed by atoms with Gasteiger partial charge in [0.1, 0.15) is 12.3 Å². The SMILES string of the molecule is O=C1CCOc2ccccc2N1CC(=O)N1CCC[C@H]1c1ccc2c(c1)OCCCO2. The molecular weight excluding hydrogens is 396 g/mol. The third-order valence-electron chi connectivity index (χ3n) is 6.05. The number of para-hydroxylation sites is 2. The lowest BCUT2D eigenvalue weighted by atomic mass is 10.0. The van der Waals surface area contributed by atoms with Crippen molar-refractivity contribution in [3.8, 4) is 17.2 Å². The number of rotatable bonds is 3. The van der Waals surface area contributed by atoms with Crippen LogP contribution in [0, 0.1) is 0 Å². The number of hydrogen-bond acceptors (Lipinski definition) is 5. The van der Waals surface area contributed by atoms with E-state index in [1.807, 2.05) is 47.4 Å². The molecule has 1 atom stereocenters. The Balaban J connectivity index is 1.37. The Hall–Kier alpha value is -3.22. The molecule has 5 rings (SSSR count). The number of amides is 2. The highest BCUT2D eigenvalue weighted by molar-refractivity contribution is 6.00. The molecule has 0 unspecified atom stereocenters. The molecule has 2 amide bonds. The van der Waals surface area contributed by atoms with Crippen molar-refractivity contribution in [1.29, 1.82) is 0 Å². The minimum Gasteiger partial charge on any atom is -0.491 e. The molecule has 0 aliphatic carbocycles. The first-order valence-electron chi connectivity index (χ1n) is 10.9. The second-order valence-electron chi connectivity index (χ2n) is 8.05. The third kappa shape index (κ3) is 3.92. The van der Waals surface area contributed by atoms with Gasteiger partial charge in [-0.25, -0.2) is 0 Å². The average molecular weight is 422 g/mol. The number of hydrogen-bond donors (Lipinski definition) is 0. The highest BCUT2D eigenvalue weighted by atomic mass is 16.5. The van der Waals surface area contributed by atoms with E-state index in [0.717, 1.165) is 36.3 Å². The van der Waals surface area contributed by atoms with Crippen LogP contribution in [0.3, 0.4) is 0 Å². The largest absolute Gasteiger partial charge is 0.491 e. The van der Waals surface area contributed by atoms with E-state index in [2.05, 4.69) is 0 Å². The minimum atomic E-state index is -0.0929. The Morgan fingerprint density at radius 2 is 1.74 bits per heavy atom. The van der Waals surface area contributed by atoms with Gasteiger partial charge in [0.05, 0.1) is 38.0 Å². The number of likely N-dealkylation sites (tertiary alicyclic amines) is 1. The number of ether oxygens (including phenoxy) is 3. The van der Waals surface area contributed by atoms with Crippen LogP contribution in [0.25, 0.3) is 0 Å². The van der Waals surface area contributed by atoms with Gasteiger partial charge in [-0.05, 0) is 42.7 Å². The smallest absolute Gasteiger partial charge is 0.243 e. The van der Waals surface area contributed by atoms with Gasteiger partial charge in [0.25, 0.3) is 0 Å². The Kier molecular flexibility index (Phi) is 5.40. The molecule has 0 spiro atoms. The van der Waals surface area contributed by atoms with Crippen molar-refractivity contribution in [2.75, 3.05) is 37.8 Å². The fourth-order valence-corrected chi connectivity index (χ4v) is 4.52. The van der Waals surface area contributed by atoms with Crippen LogP contribution in [0.2, 0.25) is 0 Å². The topological polar surface area (TPSA) is 68.3 Å². The lowest BCUT2D eigenvalue weighted by molar-refractivity contribution is -0.132. The van der Waals surface area contributed by atoms with Crippen molar-refractivity contribution in [3.63, 3.8) is 0 Å². The molecule has 0 bridgehead atoms. The number of fused-ring (bicyclic) bond motifs is 2. The third-order valence-corrected chi connectivity index (χ3v) is 6.05. The molecular formula is C24H26N2O5. The summed E-state index contributed by atoms with van der Waals surface area (Å²) >= 11 is 0. The van der Waals surface area contributed by atoms with Crippen LogP contribution in [0.1, 0.15) is 37.3 Å². The van der Waals surface area contributed by atoms with Crippen LogP contribution >= 0.6 is 0 Å². The van der Waals surface area contributed by atoms with Crippen molar-refractivity contribution in [3.05, 3.63) is 48.0 Å². The molecule has 3 heterocycles. The van der Waals surface area contributed by atoms with Gasteiger partial charge >= 0.3 is 0 Å². The zero-order chi connectivity index (χ0) is 21.2. The summed E-state index contributed by atoms with van der Waals surface area (Å²) in [6.45, 7) is 2.29. The summed E-state index contributed by atoms with van der Waals surface area (Å²) in [5.41, 5.74) is 1.70. The van der Waals surface area contributed by atoms with Crippen molar-refractivity contribution in [2.45, 2.75) is 31.7 Å². The van der Waals surface area contributed by atoms with Crippen LogP contribution in [-0.4, -0.2) is 49.6 Å². The molecule has 7 nitrogen and oxygen atoms in total. The molecule has 3 aliphatic heterocycles. The maximum atomic E-state index is 13.3. The molecule has 7 heteroatoms. The highest BCUT2D eigenvalue weighted by Gasteiger charge is 2.33. The van der Waals surface area contributed by atoms with E-state index >= 15 is 0 Å². The summed E-state index contributed by atoms with van der Waals surface area (Å²) in [6, 6.07) is 13.3. The van der Waals surface area contributed by atoms with Crippen molar-refractivity contribution >= 4 is 17.5 Å². The lowest BCUT2D eigenvalue weighted by Crippen LogP contribution is -2.42.